The number of rotatable bonds is 7. The number of hydrogen-bond acceptors (Lipinski definition) is 10. The molecular weight excluding hydrogens is 597 g/mol. The van der Waals surface area contributed by atoms with Crippen molar-refractivity contribution in [3.8, 4) is 12.1 Å². The first-order chi connectivity index (χ1) is 20.9. The van der Waals surface area contributed by atoms with Crippen LogP contribution in [0.3, 0.4) is 0 Å². The Kier molecular flexibility index (Phi) is 11.4. The van der Waals surface area contributed by atoms with E-state index in [4.69, 9.17) is 15.2 Å². The van der Waals surface area contributed by atoms with Gasteiger partial charge < -0.3 is 25.0 Å². The summed E-state index contributed by atoms with van der Waals surface area (Å²) in [7, 11) is 5.35. The van der Waals surface area contributed by atoms with E-state index < -0.39 is 29.5 Å². The SMILES string of the molecule is CCOC(=O)C1=C(CSc2nc3c(cc2C#N)CN(C)CC3)OC(N)=C(C#N)C1c1ccccc1C(F)(F)F.CN(C)C=O. The summed E-state index contributed by atoms with van der Waals surface area (Å²) in [6.07, 6.45) is -3.32. The Hall–Kier alpha value is -4.53. The summed E-state index contributed by atoms with van der Waals surface area (Å²) in [6, 6.07) is 10.4. The highest BCUT2D eigenvalue weighted by molar-refractivity contribution is 7.99. The molecule has 1 aromatic heterocycles. The van der Waals surface area contributed by atoms with Crippen molar-refractivity contribution in [3.05, 3.63) is 81.1 Å². The lowest BCUT2D eigenvalue weighted by Crippen LogP contribution is -2.28. The van der Waals surface area contributed by atoms with Gasteiger partial charge in [-0.3, -0.25) is 4.79 Å². The molecule has 10 nitrogen and oxygen atoms in total. The maximum Gasteiger partial charge on any atom is 0.416 e. The molecule has 232 valence electrons. The fourth-order valence-electron chi connectivity index (χ4n) is 4.59. The van der Waals surface area contributed by atoms with Gasteiger partial charge in [0.2, 0.25) is 12.3 Å². The third-order valence-corrected chi connectivity index (χ3v) is 7.56. The Bertz CT molecular complexity index is 1560. The predicted octanol–water partition coefficient (Wildman–Crippen LogP) is 4.08. The molecule has 1 amide bonds. The molecule has 0 aliphatic carbocycles. The standard InChI is InChI=1S/C27H24F3N5O3S.C3H7NO/c1-3-37-26(36)23-21(14-39-25-15(11-31)10-16-13-35(2)9-8-20(16)34-25)38-24(33)18(12-32)22(23)17-6-4-5-7-19(17)27(28,29)30;1-4(2)3-5/h4-7,10,22H,3,8-9,13-14,33H2,1-2H3;3H,1-2H3. The fourth-order valence-corrected chi connectivity index (χ4v) is 5.51. The normalized spacial score (nSPS) is 16.4. The minimum absolute atomic E-state index is 0.0586. The summed E-state index contributed by atoms with van der Waals surface area (Å²) in [4.78, 5) is 30.8. The van der Waals surface area contributed by atoms with E-state index in [9.17, 15) is 33.3 Å². The van der Waals surface area contributed by atoms with Crippen molar-refractivity contribution in [2.45, 2.75) is 37.0 Å². The average molecular weight is 629 g/mol. The van der Waals surface area contributed by atoms with E-state index in [0.717, 1.165) is 42.0 Å². The van der Waals surface area contributed by atoms with Gasteiger partial charge in [-0.05, 0) is 37.2 Å². The first-order valence-corrected chi connectivity index (χ1v) is 14.3. The van der Waals surface area contributed by atoms with Gasteiger partial charge in [0.25, 0.3) is 0 Å². The first-order valence-electron chi connectivity index (χ1n) is 13.4. The summed E-state index contributed by atoms with van der Waals surface area (Å²) in [5.41, 5.74) is 6.20. The number of nitrogens with two attached hydrogens (primary N) is 1. The van der Waals surface area contributed by atoms with Gasteiger partial charge in [0.15, 0.2) is 0 Å². The minimum atomic E-state index is -4.76. The van der Waals surface area contributed by atoms with Crippen LogP contribution in [-0.4, -0.2) is 67.2 Å². The number of fused-ring (bicyclic) bond motifs is 1. The lowest BCUT2D eigenvalue weighted by atomic mass is 9.81. The number of nitriles is 2. The van der Waals surface area contributed by atoms with Crippen LogP contribution in [0.15, 0.2) is 58.1 Å². The fraction of sp³-hybridized carbons (Fsp3) is 0.367. The molecule has 0 bridgehead atoms. The number of likely N-dealkylation sites (N-methyl/N-ethyl adjacent to an activating group) is 1. The molecular formula is C30H31F3N6O4S. The van der Waals surface area contributed by atoms with Crippen LogP contribution < -0.4 is 5.73 Å². The van der Waals surface area contributed by atoms with Crippen molar-refractivity contribution in [1.29, 1.82) is 10.5 Å². The van der Waals surface area contributed by atoms with Crippen molar-refractivity contribution in [2.24, 2.45) is 5.73 Å². The zero-order valence-electron chi connectivity index (χ0n) is 24.6. The molecule has 2 N–H and O–H groups in total. The van der Waals surface area contributed by atoms with E-state index in [1.165, 1.54) is 23.1 Å². The lowest BCUT2D eigenvalue weighted by molar-refractivity contribution is -0.140. The van der Waals surface area contributed by atoms with Crippen LogP contribution in [0, 0.1) is 22.7 Å². The maximum absolute atomic E-state index is 14.0. The monoisotopic (exact) mass is 628 g/mol. The number of carbonyl (C=O) groups is 2. The van der Waals surface area contributed by atoms with Crippen molar-refractivity contribution >= 4 is 24.1 Å². The molecule has 14 heteroatoms. The van der Waals surface area contributed by atoms with Crippen LogP contribution in [0.2, 0.25) is 0 Å². The Morgan fingerprint density at radius 1 is 1.30 bits per heavy atom. The second kappa shape index (κ2) is 14.8. The third kappa shape index (κ3) is 7.89. The highest BCUT2D eigenvalue weighted by Gasteiger charge is 2.43. The van der Waals surface area contributed by atoms with E-state index in [0.29, 0.717) is 23.6 Å². The van der Waals surface area contributed by atoms with Gasteiger partial charge in [0.1, 0.15) is 28.5 Å². The number of thioether (sulfide) groups is 1. The molecule has 1 atom stereocenters. The molecule has 2 aliphatic heterocycles. The number of hydrogen-bond donors (Lipinski definition) is 1. The zero-order valence-corrected chi connectivity index (χ0v) is 25.4. The number of pyridine rings is 1. The minimum Gasteiger partial charge on any atom is -0.463 e. The average Bonchev–Trinajstić information content (AvgIpc) is 2.99. The third-order valence-electron chi connectivity index (χ3n) is 6.57. The van der Waals surface area contributed by atoms with Crippen LogP contribution in [-0.2, 0) is 38.2 Å². The van der Waals surface area contributed by atoms with Gasteiger partial charge in [0, 0.05) is 39.3 Å². The molecule has 2 aliphatic rings. The number of carbonyl (C=O) groups excluding carboxylic acids is 2. The molecule has 0 radical (unpaired) electrons. The van der Waals surface area contributed by atoms with Crippen LogP contribution in [0.1, 0.15) is 40.8 Å². The molecule has 3 heterocycles. The summed E-state index contributed by atoms with van der Waals surface area (Å²) in [5.74, 6) is -2.99. The number of nitrogens with zero attached hydrogens (tertiary/aromatic N) is 5. The van der Waals surface area contributed by atoms with Crippen molar-refractivity contribution in [2.75, 3.05) is 40.0 Å². The zero-order chi connectivity index (χ0) is 32.6. The number of allylic oxidation sites excluding steroid dienone is 1. The number of alkyl halides is 3. The van der Waals surface area contributed by atoms with Crippen LogP contribution >= 0.6 is 11.8 Å². The van der Waals surface area contributed by atoms with E-state index in [1.807, 2.05) is 13.1 Å². The number of benzene rings is 1. The van der Waals surface area contributed by atoms with E-state index in [2.05, 4.69) is 16.0 Å². The summed E-state index contributed by atoms with van der Waals surface area (Å²) < 4.78 is 52.8. The second-order valence-electron chi connectivity index (χ2n) is 9.97. The summed E-state index contributed by atoms with van der Waals surface area (Å²) >= 11 is 1.09. The number of halogens is 3. The largest absolute Gasteiger partial charge is 0.463 e. The van der Waals surface area contributed by atoms with E-state index in [-0.39, 0.29) is 34.8 Å². The molecule has 1 unspecified atom stereocenters. The van der Waals surface area contributed by atoms with Gasteiger partial charge in [-0.2, -0.15) is 23.7 Å². The van der Waals surface area contributed by atoms with E-state index >= 15 is 0 Å². The maximum atomic E-state index is 14.0. The quantitative estimate of drug-likeness (QED) is 0.270. The van der Waals surface area contributed by atoms with Crippen LogP contribution in [0.5, 0.6) is 0 Å². The summed E-state index contributed by atoms with van der Waals surface area (Å²) in [6.45, 7) is 2.95. The predicted molar refractivity (Wildman–Crippen MR) is 155 cm³/mol. The Morgan fingerprint density at radius 2 is 1.98 bits per heavy atom. The Labute approximate surface area is 257 Å². The second-order valence-corrected chi connectivity index (χ2v) is 10.9. The molecule has 0 spiro atoms. The highest BCUT2D eigenvalue weighted by Crippen LogP contribution is 2.45. The highest BCUT2D eigenvalue weighted by atomic mass is 32.2. The first kappa shape index (κ1) is 34.0. The topological polar surface area (TPSA) is 146 Å². The summed E-state index contributed by atoms with van der Waals surface area (Å²) in [5, 5.41) is 20.0. The van der Waals surface area contributed by atoms with Gasteiger partial charge in [-0.25, -0.2) is 9.78 Å². The van der Waals surface area contributed by atoms with E-state index in [1.54, 1.807) is 27.1 Å². The van der Waals surface area contributed by atoms with Crippen molar-refractivity contribution < 1.29 is 32.2 Å². The number of ether oxygens (including phenoxy) is 2. The van der Waals surface area contributed by atoms with Gasteiger partial charge in [-0.15, -0.1) is 0 Å². The van der Waals surface area contributed by atoms with Crippen molar-refractivity contribution in [3.63, 3.8) is 0 Å². The number of aromatic nitrogens is 1. The molecule has 1 aromatic carbocycles. The Morgan fingerprint density at radius 3 is 2.57 bits per heavy atom. The smallest absolute Gasteiger partial charge is 0.416 e. The van der Waals surface area contributed by atoms with Crippen molar-refractivity contribution in [1.82, 2.24) is 14.8 Å². The molecule has 0 saturated carbocycles. The molecule has 2 aromatic rings. The van der Waals surface area contributed by atoms with Gasteiger partial charge >= 0.3 is 12.1 Å². The van der Waals surface area contributed by atoms with Gasteiger partial charge in [0.05, 0.1) is 35.0 Å². The lowest BCUT2D eigenvalue weighted by Gasteiger charge is -2.29. The molecule has 0 saturated heterocycles. The van der Waals surface area contributed by atoms with Crippen LogP contribution in [0.25, 0.3) is 0 Å². The van der Waals surface area contributed by atoms with Gasteiger partial charge in [-0.1, -0.05) is 30.0 Å². The molecule has 44 heavy (non-hydrogen) atoms. The molecule has 0 fully saturated rings. The Balaban J connectivity index is 0.000000978. The molecule has 4 rings (SSSR count). The van der Waals surface area contributed by atoms with Crippen LogP contribution in [0.4, 0.5) is 13.2 Å². The number of amides is 1. The number of esters is 1.